The maximum absolute atomic E-state index is 5.49. The van der Waals surface area contributed by atoms with Crippen LogP contribution in [0.25, 0.3) is 0 Å². The molecule has 0 amide bonds. The Morgan fingerprint density at radius 2 is 1.85 bits per heavy atom. The third kappa shape index (κ3) is 4.63. The van der Waals surface area contributed by atoms with Gasteiger partial charge < -0.3 is 9.47 Å². The zero-order chi connectivity index (χ0) is 10.3. The molecule has 0 spiro atoms. The highest BCUT2D eigenvalue weighted by Gasteiger charge is 2.28. The first-order valence-electron chi connectivity index (χ1n) is 5.10. The Balaban J connectivity index is 4.02. The summed E-state index contributed by atoms with van der Waals surface area (Å²) in [6, 6.07) is 0. The molecule has 0 aromatic carbocycles. The monoisotopic (exact) mass is 188 g/mol. The Morgan fingerprint density at radius 3 is 2.23 bits per heavy atom. The highest BCUT2D eigenvalue weighted by Crippen LogP contribution is 2.26. The van der Waals surface area contributed by atoms with E-state index < -0.39 is 0 Å². The topological polar surface area (TPSA) is 18.5 Å². The van der Waals surface area contributed by atoms with Gasteiger partial charge in [0.15, 0.2) is 0 Å². The van der Waals surface area contributed by atoms with Crippen LogP contribution in [0, 0.1) is 5.41 Å². The molecule has 80 valence electrons. The van der Waals surface area contributed by atoms with E-state index in [9.17, 15) is 0 Å². The van der Waals surface area contributed by atoms with Crippen LogP contribution >= 0.6 is 0 Å². The highest BCUT2D eigenvalue weighted by molar-refractivity contribution is 4.78. The zero-order valence-electron chi connectivity index (χ0n) is 9.72. The lowest BCUT2D eigenvalue weighted by Gasteiger charge is -2.32. The molecule has 2 heteroatoms. The van der Waals surface area contributed by atoms with E-state index in [1.807, 2.05) is 0 Å². The van der Waals surface area contributed by atoms with Crippen molar-refractivity contribution in [1.29, 1.82) is 0 Å². The van der Waals surface area contributed by atoms with E-state index in [-0.39, 0.29) is 5.41 Å². The fourth-order valence-corrected chi connectivity index (χ4v) is 1.68. The molecule has 2 nitrogen and oxygen atoms in total. The molecule has 0 saturated carbocycles. The standard InChI is InChI=1S/C11H24O2/c1-6-7-8-10(13-5)11(2,3)9-12-4/h10H,6-9H2,1-5H3. The van der Waals surface area contributed by atoms with Crippen LogP contribution in [-0.4, -0.2) is 26.9 Å². The SMILES string of the molecule is CCCCC(OC)C(C)(C)COC. The molecule has 0 bridgehead atoms. The lowest BCUT2D eigenvalue weighted by molar-refractivity contribution is -0.0395. The average molecular weight is 188 g/mol. The molecule has 0 aliphatic heterocycles. The first kappa shape index (κ1) is 12.9. The van der Waals surface area contributed by atoms with Crippen molar-refractivity contribution in [2.75, 3.05) is 20.8 Å². The maximum Gasteiger partial charge on any atom is 0.0644 e. The van der Waals surface area contributed by atoms with Crippen LogP contribution in [0.15, 0.2) is 0 Å². The van der Waals surface area contributed by atoms with Crippen LogP contribution in [0.3, 0.4) is 0 Å². The number of rotatable bonds is 7. The van der Waals surface area contributed by atoms with Crippen LogP contribution in [-0.2, 0) is 9.47 Å². The van der Waals surface area contributed by atoms with Gasteiger partial charge in [-0.15, -0.1) is 0 Å². The van der Waals surface area contributed by atoms with Gasteiger partial charge in [-0.2, -0.15) is 0 Å². The molecule has 0 aromatic rings. The van der Waals surface area contributed by atoms with Crippen molar-refractivity contribution in [3.8, 4) is 0 Å². The molecule has 0 aliphatic rings. The molecule has 0 rings (SSSR count). The number of hydrogen-bond donors (Lipinski definition) is 0. The maximum atomic E-state index is 5.49. The predicted octanol–water partition coefficient (Wildman–Crippen LogP) is 2.86. The second-order valence-electron chi connectivity index (χ2n) is 4.29. The first-order chi connectivity index (χ1) is 6.08. The molecule has 13 heavy (non-hydrogen) atoms. The van der Waals surface area contributed by atoms with Gasteiger partial charge in [0.2, 0.25) is 0 Å². The van der Waals surface area contributed by atoms with Crippen LogP contribution in [0.2, 0.25) is 0 Å². The largest absolute Gasteiger partial charge is 0.384 e. The van der Waals surface area contributed by atoms with E-state index in [0.717, 1.165) is 13.0 Å². The minimum absolute atomic E-state index is 0.124. The van der Waals surface area contributed by atoms with Crippen molar-refractivity contribution in [3.05, 3.63) is 0 Å². The zero-order valence-corrected chi connectivity index (χ0v) is 9.72. The predicted molar refractivity (Wildman–Crippen MR) is 56.0 cm³/mol. The van der Waals surface area contributed by atoms with E-state index >= 15 is 0 Å². The lowest BCUT2D eigenvalue weighted by atomic mass is 9.84. The molecular weight excluding hydrogens is 164 g/mol. The highest BCUT2D eigenvalue weighted by atomic mass is 16.5. The van der Waals surface area contributed by atoms with Crippen LogP contribution < -0.4 is 0 Å². The third-order valence-electron chi connectivity index (χ3n) is 2.49. The fraction of sp³-hybridized carbons (Fsp3) is 1.00. The van der Waals surface area contributed by atoms with Crippen molar-refractivity contribution < 1.29 is 9.47 Å². The van der Waals surface area contributed by atoms with E-state index in [1.54, 1.807) is 14.2 Å². The Bertz CT molecular complexity index is 121. The molecule has 0 radical (unpaired) electrons. The molecule has 0 fully saturated rings. The van der Waals surface area contributed by atoms with Crippen molar-refractivity contribution in [2.24, 2.45) is 5.41 Å². The van der Waals surface area contributed by atoms with E-state index in [0.29, 0.717) is 6.10 Å². The van der Waals surface area contributed by atoms with Crippen molar-refractivity contribution >= 4 is 0 Å². The van der Waals surface area contributed by atoms with Gasteiger partial charge in [-0.3, -0.25) is 0 Å². The molecule has 0 heterocycles. The number of hydrogen-bond acceptors (Lipinski definition) is 2. The van der Waals surface area contributed by atoms with Crippen LogP contribution in [0.1, 0.15) is 40.0 Å². The summed E-state index contributed by atoms with van der Waals surface area (Å²) >= 11 is 0. The molecule has 0 aromatic heterocycles. The summed E-state index contributed by atoms with van der Waals surface area (Å²) in [5.41, 5.74) is 0.124. The second kappa shape index (κ2) is 6.39. The van der Waals surface area contributed by atoms with Crippen LogP contribution in [0.4, 0.5) is 0 Å². The van der Waals surface area contributed by atoms with Gasteiger partial charge in [0.25, 0.3) is 0 Å². The van der Waals surface area contributed by atoms with Gasteiger partial charge >= 0.3 is 0 Å². The molecule has 0 saturated heterocycles. The normalized spacial score (nSPS) is 14.5. The summed E-state index contributed by atoms with van der Waals surface area (Å²) in [6.45, 7) is 7.35. The smallest absolute Gasteiger partial charge is 0.0644 e. The molecule has 1 atom stereocenters. The van der Waals surface area contributed by atoms with Gasteiger partial charge in [-0.25, -0.2) is 0 Å². The quantitative estimate of drug-likeness (QED) is 0.611. The Morgan fingerprint density at radius 1 is 1.23 bits per heavy atom. The molecule has 0 aliphatic carbocycles. The van der Waals surface area contributed by atoms with E-state index in [2.05, 4.69) is 20.8 Å². The first-order valence-corrected chi connectivity index (χ1v) is 5.10. The summed E-state index contributed by atoms with van der Waals surface area (Å²) in [6.07, 6.45) is 3.89. The van der Waals surface area contributed by atoms with Gasteiger partial charge in [0.05, 0.1) is 12.7 Å². The number of ether oxygens (including phenoxy) is 2. The Hall–Kier alpha value is -0.0800. The number of methoxy groups -OCH3 is 2. The third-order valence-corrected chi connectivity index (χ3v) is 2.49. The lowest BCUT2D eigenvalue weighted by Crippen LogP contribution is -2.35. The average Bonchev–Trinajstić information content (AvgIpc) is 2.05. The minimum Gasteiger partial charge on any atom is -0.384 e. The summed E-state index contributed by atoms with van der Waals surface area (Å²) < 4.78 is 10.7. The Labute approximate surface area is 82.6 Å². The second-order valence-corrected chi connectivity index (χ2v) is 4.29. The summed E-state index contributed by atoms with van der Waals surface area (Å²) in [4.78, 5) is 0. The number of unbranched alkanes of at least 4 members (excludes halogenated alkanes) is 1. The van der Waals surface area contributed by atoms with Crippen molar-refractivity contribution in [2.45, 2.75) is 46.1 Å². The fourth-order valence-electron chi connectivity index (χ4n) is 1.68. The summed E-state index contributed by atoms with van der Waals surface area (Å²) in [5.74, 6) is 0. The Kier molecular flexibility index (Phi) is 6.35. The van der Waals surface area contributed by atoms with Gasteiger partial charge in [0.1, 0.15) is 0 Å². The van der Waals surface area contributed by atoms with Crippen molar-refractivity contribution in [3.63, 3.8) is 0 Å². The summed E-state index contributed by atoms with van der Waals surface area (Å²) in [5, 5.41) is 0. The van der Waals surface area contributed by atoms with Gasteiger partial charge in [-0.05, 0) is 6.42 Å². The van der Waals surface area contributed by atoms with E-state index in [4.69, 9.17) is 9.47 Å². The molecule has 0 N–H and O–H groups in total. The van der Waals surface area contributed by atoms with Gasteiger partial charge in [0, 0.05) is 19.6 Å². The van der Waals surface area contributed by atoms with Crippen LogP contribution in [0.5, 0.6) is 0 Å². The van der Waals surface area contributed by atoms with Gasteiger partial charge in [-0.1, -0.05) is 33.6 Å². The molecule has 1 unspecified atom stereocenters. The minimum atomic E-state index is 0.124. The molecular formula is C11H24O2. The van der Waals surface area contributed by atoms with Crippen molar-refractivity contribution in [1.82, 2.24) is 0 Å². The van der Waals surface area contributed by atoms with E-state index in [1.165, 1.54) is 12.8 Å². The summed E-state index contributed by atoms with van der Waals surface area (Å²) in [7, 11) is 3.53.